The molecule has 3 aromatic carbocycles. The molecule has 30 heavy (non-hydrogen) atoms. The molecule has 0 amide bonds. The number of hydrogen-bond acceptors (Lipinski definition) is 3. The van der Waals surface area contributed by atoms with Crippen LogP contribution < -0.4 is 5.73 Å². The largest absolute Gasteiger partial charge is 0.325 e. The number of imidazole rings is 1. The topological polar surface area (TPSA) is 56.7 Å². The summed E-state index contributed by atoms with van der Waals surface area (Å²) in [6.45, 7) is 0.393. The van der Waals surface area contributed by atoms with E-state index >= 15 is 0 Å². The lowest BCUT2D eigenvalue weighted by atomic mass is 9.76. The van der Waals surface area contributed by atoms with E-state index in [4.69, 9.17) is 10.7 Å². The number of fused-ring (bicyclic) bond motifs is 1. The number of hydrogen-bond donors (Lipinski definition) is 1. The average Bonchev–Trinajstić information content (AvgIpc) is 3.25. The Morgan fingerprint density at radius 3 is 1.67 bits per heavy atom. The van der Waals surface area contributed by atoms with Crippen LogP contribution in [0.5, 0.6) is 0 Å². The van der Waals surface area contributed by atoms with E-state index in [9.17, 15) is 0 Å². The minimum absolute atomic E-state index is 0.393. The van der Waals surface area contributed by atoms with Crippen LogP contribution in [0.1, 0.15) is 22.4 Å². The fourth-order valence-corrected chi connectivity index (χ4v) is 4.28. The summed E-state index contributed by atoms with van der Waals surface area (Å²) in [6, 6.07) is 33.7. The molecule has 0 bridgehead atoms. The summed E-state index contributed by atoms with van der Waals surface area (Å²) in [7, 11) is 0. The van der Waals surface area contributed by atoms with E-state index in [0.717, 1.165) is 33.4 Å². The lowest BCUT2D eigenvalue weighted by molar-refractivity contribution is 0.529. The fraction of sp³-hybridized carbons (Fsp3) is 0.0769. The first-order valence-corrected chi connectivity index (χ1v) is 10.0. The molecule has 4 heteroatoms. The molecular weight excluding hydrogens is 368 g/mol. The Labute approximate surface area is 175 Å². The second kappa shape index (κ2) is 7.58. The summed E-state index contributed by atoms with van der Waals surface area (Å²) in [5.74, 6) is 0. The summed E-state index contributed by atoms with van der Waals surface area (Å²) in [6.07, 6.45) is 3.80. The van der Waals surface area contributed by atoms with Gasteiger partial charge in [0.05, 0.1) is 29.3 Å². The van der Waals surface area contributed by atoms with Crippen molar-refractivity contribution in [3.63, 3.8) is 0 Å². The molecule has 2 N–H and O–H groups in total. The van der Waals surface area contributed by atoms with E-state index in [1.54, 1.807) is 0 Å². The van der Waals surface area contributed by atoms with Gasteiger partial charge in [-0.3, -0.25) is 4.98 Å². The standard InChI is InChI=1S/C26H22N4/c27-17-23-16-24-25(18-28-23)30(19-29-24)26(20-10-4-1-5-11-20,21-12-6-2-7-13-21)22-14-8-3-9-15-22/h1-16,18-19H,17,27H2. The SMILES string of the molecule is NCc1cc2ncn(C(c3ccccc3)(c3ccccc3)c3ccccc3)c2cn1. The van der Waals surface area contributed by atoms with E-state index in [1.807, 2.05) is 36.8 Å². The Balaban J connectivity index is 1.92. The second-order valence-corrected chi connectivity index (χ2v) is 7.29. The van der Waals surface area contributed by atoms with Crippen LogP contribution in [-0.4, -0.2) is 14.5 Å². The first kappa shape index (κ1) is 18.3. The molecule has 0 fully saturated rings. The Hall–Kier alpha value is -3.76. The zero-order valence-electron chi connectivity index (χ0n) is 16.5. The van der Waals surface area contributed by atoms with Gasteiger partial charge < -0.3 is 10.3 Å². The van der Waals surface area contributed by atoms with Gasteiger partial charge in [-0.25, -0.2) is 4.98 Å². The summed E-state index contributed by atoms with van der Waals surface area (Å²) in [4.78, 5) is 9.30. The van der Waals surface area contributed by atoms with Crippen LogP contribution in [0.15, 0.2) is 110 Å². The highest BCUT2D eigenvalue weighted by Crippen LogP contribution is 2.42. The fourth-order valence-electron chi connectivity index (χ4n) is 4.28. The van der Waals surface area contributed by atoms with E-state index in [-0.39, 0.29) is 0 Å². The number of benzene rings is 3. The third-order valence-electron chi connectivity index (χ3n) is 5.64. The molecule has 0 saturated heterocycles. The van der Waals surface area contributed by atoms with Gasteiger partial charge in [0.25, 0.3) is 0 Å². The Morgan fingerprint density at radius 1 is 0.700 bits per heavy atom. The molecule has 2 heterocycles. The van der Waals surface area contributed by atoms with Crippen molar-refractivity contribution in [2.75, 3.05) is 0 Å². The monoisotopic (exact) mass is 390 g/mol. The molecular formula is C26H22N4. The second-order valence-electron chi connectivity index (χ2n) is 7.29. The number of rotatable bonds is 5. The minimum Gasteiger partial charge on any atom is -0.325 e. The van der Waals surface area contributed by atoms with Gasteiger partial charge >= 0.3 is 0 Å². The summed E-state index contributed by atoms with van der Waals surface area (Å²) in [5, 5.41) is 0. The van der Waals surface area contributed by atoms with Crippen molar-refractivity contribution in [3.8, 4) is 0 Å². The molecule has 146 valence electrons. The summed E-state index contributed by atoms with van der Waals surface area (Å²) in [5.41, 5.74) is 11.4. The van der Waals surface area contributed by atoms with Gasteiger partial charge in [0.15, 0.2) is 0 Å². The van der Waals surface area contributed by atoms with Gasteiger partial charge in [-0.05, 0) is 22.8 Å². The molecule has 5 rings (SSSR count). The molecule has 0 aliphatic carbocycles. The maximum absolute atomic E-state index is 5.81. The molecule has 0 aliphatic rings. The number of aromatic nitrogens is 3. The Kier molecular flexibility index (Phi) is 4.62. The lowest BCUT2D eigenvalue weighted by Gasteiger charge is -2.37. The van der Waals surface area contributed by atoms with Crippen LogP contribution in [0.2, 0.25) is 0 Å². The highest BCUT2D eigenvalue weighted by atomic mass is 15.1. The highest BCUT2D eigenvalue weighted by molar-refractivity contribution is 5.76. The predicted octanol–water partition coefficient (Wildman–Crippen LogP) is 4.73. The molecule has 0 atom stereocenters. The number of nitrogens with zero attached hydrogens (tertiary/aromatic N) is 3. The van der Waals surface area contributed by atoms with Crippen molar-refractivity contribution in [1.82, 2.24) is 14.5 Å². The molecule has 0 saturated carbocycles. The maximum Gasteiger partial charge on any atom is 0.122 e. The van der Waals surface area contributed by atoms with Crippen molar-refractivity contribution < 1.29 is 0 Å². The highest BCUT2D eigenvalue weighted by Gasteiger charge is 2.39. The van der Waals surface area contributed by atoms with Crippen molar-refractivity contribution >= 4 is 11.0 Å². The quantitative estimate of drug-likeness (QED) is 0.441. The van der Waals surface area contributed by atoms with Crippen molar-refractivity contribution in [1.29, 1.82) is 0 Å². The van der Waals surface area contributed by atoms with Crippen molar-refractivity contribution in [2.24, 2.45) is 5.73 Å². The van der Waals surface area contributed by atoms with Crippen LogP contribution in [0.4, 0.5) is 0 Å². The smallest absolute Gasteiger partial charge is 0.122 e. The van der Waals surface area contributed by atoms with E-state index in [0.29, 0.717) is 6.54 Å². The van der Waals surface area contributed by atoms with Crippen molar-refractivity contribution in [3.05, 3.63) is 132 Å². The molecule has 5 aromatic rings. The van der Waals surface area contributed by atoms with E-state index in [2.05, 4.69) is 82.3 Å². The van der Waals surface area contributed by atoms with Crippen LogP contribution >= 0.6 is 0 Å². The average molecular weight is 390 g/mol. The normalized spacial score (nSPS) is 11.6. The van der Waals surface area contributed by atoms with Gasteiger partial charge in [-0.1, -0.05) is 91.0 Å². The number of nitrogens with two attached hydrogens (primary N) is 1. The van der Waals surface area contributed by atoms with E-state index < -0.39 is 5.54 Å². The first-order valence-electron chi connectivity index (χ1n) is 10.0. The number of pyridine rings is 1. The Bertz CT molecular complexity index is 1170. The molecule has 2 aromatic heterocycles. The lowest BCUT2D eigenvalue weighted by Crippen LogP contribution is -2.37. The molecule has 0 spiro atoms. The van der Waals surface area contributed by atoms with Crippen LogP contribution in [0, 0.1) is 0 Å². The predicted molar refractivity (Wildman–Crippen MR) is 120 cm³/mol. The maximum atomic E-state index is 5.81. The molecule has 0 radical (unpaired) electrons. The summed E-state index contributed by atoms with van der Waals surface area (Å²) >= 11 is 0. The van der Waals surface area contributed by atoms with Gasteiger partial charge in [0.2, 0.25) is 0 Å². The van der Waals surface area contributed by atoms with Crippen molar-refractivity contribution in [2.45, 2.75) is 12.1 Å². The first-order chi connectivity index (χ1) is 14.8. The van der Waals surface area contributed by atoms with Crippen LogP contribution in [0.3, 0.4) is 0 Å². The van der Waals surface area contributed by atoms with E-state index in [1.165, 1.54) is 0 Å². The minimum atomic E-state index is -0.593. The Morgan fingerprint density at radius 2 is 1.20 bits per heavy atom. The van der Waals surface area contributed by atoms with Gasteiger partial charge in [0.1, 0.15) is 5.54 Å². The van der Waals surface area contributed by atoms with Crippen LogP contribution in [0.25, 0.3) is 11.0 Å². The molecule has 0 unspecified atom stereocenters. The molecule has 0 aliphatic heterocycles. The van der Waals surface area contributed by atoms with Gasteiger partial charge in [0, 0.05) is 6.54 Å². The van der Waals surface area contributed by atoms with Gasteiger partial charge in [-0.2, -0.15) is 0 Å². The van der Waals surface area contributed by atoms with Crippen LogP contribution in [-0.2, 0) is 12.1 Å². The zero-order valence-corrected chi connectivity index (χ0v) is 16.5. The summed E-state index contributed by atoms with van der Waals surface area (Å²) < 4.78 is 2.23. The third-order valence-corrected chi connectivity index (χ3v) is 5.64. The third kappa shape index (κ3) is 2.81. The molecule has 4 nitrogen and oxygen atoms in total. The van der Waals surface area contributed by atoms with Gasteiger partial charge in [-0.15, -0.1) is 0 Å². The zero-order chi connectivity index (χ0) is 20.4.